The molecule has 0 saturated heterocycles. The Kier molecular flexibility index (Phi) is 4.79. The number of aromatic nitrogens is 3. The first-order valence-corrected chi connectivity index (χ1v) is 8.72. The van der Waals surface area contributed by atoms with Crippen LogP contribution in [0.2, 0.25) is 0 Å². The minimum Gasteiger partial charge on any atom is -0.322 e. The first-order chi connectivity index (χ1) is 13.7. The van der Waals surface area contributed by atoms with Crippen molar-refractivity contribution in [3.8, 4) is 0 Å². The average molecular weight is 371 g/mol. The van der Waals surface area contributed by atoms with Crippen LogP contribution in [0.5, 0.6) is 0 Å². The number of carbonyl (C=O) groups is 2. The van der Waals surface area contributed by atoms with E-state index in [1.165, 1.54) is 0 Å². The average Bonchev–Trinajstić information content (AvgIpc) is 3.11. The van der Waals surface area contributed by atoms with Crippen LogP contribution in [-0.4, -0.2) is 27.0 Å². The number of hydrogen-bond acceptors (Lipinski definition) is 4. The molecule has 2 amide bonds. The minimum absolute atomic E-state index is 0.161. The quantitative estimate of drug-likeness (QED) is 0.501. The van der Waals surface area contributed by atoms with Crippen LogP contribution < -0.4 is 10.6 Å². The van der Waals surface area contributed by atoms with Crippen molar-refractivity contribution < 1.29 is 9.59 Å². The Morgan fingerprint density at radius 2 is 1.71 bits per heavy atom. The second kappa shape index (κ2) is 7.71. The number of nitrogens with one attached hydrogen (secondary N) is 3. The molecule has 7 heteroatoms. The van der Waals surface area contributed by atoms with E-state index in [1.807, 2.05) is 30.3 Å². The lowest BCUT2D eigenvalue weighted by molar-refractivity contribution is -0.115. The van der Waals surface area contributed by atoms with Crippen molar-refractivity contribution in [2.45, 2.75) is 6.42 Å². The zero-order chi connectivity index (χ0) is 19.3. The van der Waals surface area contributed by atoms with Gasteiger partial charge in [0.25, 0.3) is 5.91 Å². The first-order valence-electron chi connectivity index (χ1n) is 8.72. The molecule has 28 heavy (non-hydrogen) atoms. The van der Waals surface area contributed by atoms with Gasteiger partial charge < -0.3 is 10.6 Å². The molecule has 0 aliphatic heterocycles. The number of rotatable bonds is 5. The van der Waals surface area contributed by atoms with Crippen molar-refractivity contribution in [3.05, 3.63) is 84.2 Å². The van der Waals surface area contributed by atoms with Crippen LogP contribution in [0, 0.1) is 0 Å². The van der Waals surface area contributed by atoms with E-state index >= 15 is 0 Å². The molecule has 0 atom stereocenters. The van der Waals surface area contributed by atoms with E-state index in [0.717, 1.165) is 11.1 Å². The van der Waals surface area contributed by atoms with Crippen LogP contribution in [0.1, 0.15) is 15.9 Å². The zero-order valence-electron chi connectivity index (χ0n) is 14.8. The lowest BCUT2D eigenvalue weighted by Crippen LogP contribution is -2.15. The molecule has 0 aliphatic carbocycles. The lowest BCUT2D eigenvalue weighted by Gasteiger charge is -2.06. The topological polar surface area (TPSA) is 99.8 Å². The fraction of sp³-hybridized carbons (Fsp3) is 0.0476. The third-order valence-corrected chi connectivity index (χ3v) is 4.23. The van der Waals surface area contributed by atoms with Crippen molar-refractivity contribution in [2.24, 2.45) is 0 Å². The van der Waals surface area contributed by atoms with Gasteiger partial charge >= 0.3 is 0 Å². The molecule has 0 aliphatic rings. The van der Waals surface area contributed by atoms with E-state index in [1.54, 1.807) is 42.7 Å². The second-order valence-corrected chi connectivity index (χ2v) is 6.23. The maximum absolute atomic E-state index is 12.3. The third kappa shape index (κ3) is 3.88. The highest BCUT2D eigenvalue weighted by molar-refractivity contribution is 6.06. The fourth-order valence-corrected chi connectivity index (χ4v) is 2.85. The number of benzene rings is 2. The summed E-state index contributed by atoms with van der Waals surface area (Å²) in [4.78, 5) is 28.6. The summed E-state index contributed by atoms with van der Waals surface area (Å²) in [7, 11) is 0. The fourth-order valence-electron chi connectivity index (χ4n) is 2.85. The summed E-state index contributed by atoms with van der Waals surface area (Å²) < 4.78 is 0. The molecule has 0 unspecified atom stereocenters. The van der Waals surface area contributed by atoms with E-state index in [0.29, 0.717) is 22.5 Å². The molecule has 0 fully saturated rings. The number of aromatic amines is 1. The Bertz CT molecular complexity index is 1120. The monoisotopic (exact) mass is 371 g/mol. The number of anilines is 2. The number of carbonyl (C=O) groups excluding carboxylic acids is 2. The molecule has 4 rings (SSSR count). The molecule has 7 nitrogen and oxygen atoms in total. The number of fused-ring (bicyclic) bond motifs is 1. The van der Waals surface area contributed by atoms with Crippen molar-refractivity contribution in [1.29, 1.82) is 0 Å². The number of pyridine rings is 1. The molecule has 2 aromatic carbocycles. The summed E-state index contributed by atoms with van der Waals surface area (Å²) in [6, 6.07) is 18.1. The van der Waals surface area contributed by atoms with Crippen LogP contribution in [0.4, 0.5) is 11.5 Å². The summed E-state index contributed by atoms with van der Waals surface area (Å²) in [5, 5.41) is 13.4. The van der Waals surface area contributed by atoms with Crippen molar-refractivity contribution in [2.75, 3.05) is 10.6 Å². The maximum Gasteiger partial charge on any atom is 0.255 e. The number of H-pyrrole nitrogens is 1. The SMILES string of the molecule is O=C(Cc1ccccc1)Nc1n[nH]c2ccc(NC(=O)c3ccncc3)cc12. The molecule has 0 saturated carbocycles. The van der Waals surface area contributed by atoms with Gasteiger partial charge in [0.05, 0.1) is 11.9 Å². The van der Waals surface area contributed by atoms with E-state index in [9.17, 15) is 9.59 Å². The van der Waals surface area contributed by atoms with Crippen LogP contribution in [0.25, 0.3) is 10.9 Å². The van der Waals surface area contributed by atoms with Crippen LogP contribution in [-0.2, 0) is 11.2 Å². The summed E-state index contributed by atoms with van der Waals surface area (Å²) in [5.74, 6) is 0.0293. The summed E-state index contributed by atoms with van der Waals surface area (Å²) in [6.45, 7) is 0. The van der Waals surface area contributed by atoms with Crippen molar-refractivity contribution in [3.63, 3.8) is 0 Å². The third-order valence-electron chi connectivity index (χ3n) is 4.23. The summed E-state index contributed by atoms with van der Waals surface area (Å²) in [6.07, 6.45) is 3.39. The molecule has 4 aromatic rings. The van der Waals surface area contributed by atoms with E-state index < -0.39 is 0 Å². The Labute approximate surface area is 160 Å². The van der Waals surface area contributed by atoms with Crippen LogP contribution in [0.15, 0.2) is 73.1 Å². The number of nitrogens with zero attached hydrogens (tertiary/aromatic N) is 2. The minimum atomic E-state index is -0.236. The smallest absolute Gasteiger partial charge is 0.255 e. The second-order valence-electron chi connectivity index (χ2n) is 6.23. The normalized spacial score (nSPS) is 10.6. The summed E-state index contributed by atoms with van der Waals surface area (Å²) >= 11 is 0. The van der Waals surface area contributed by atoms with Crippen molar-refractivity contribution >= 4 is 34.2 Å². The van der Waals surface area contributed by atoms with Crippen molar-refractivity contribution in [1.82, 2.24) is 15.2 Å². The molecule has 0 bridgehead atoms. The van der Waals surface area contributed by atoms with Gasteiger partial charge in [-0.15, -0.1) is 0 Å². The molecule has 2 heterocycles. The molecule has 2 aromatic heterocycles. The van der Waals surface area contributed by atoms with Gasteiger partial charge in [0.2, 0.25) is 5.91 Å². The van der Waals surface area contributed by atoms with Gasteiger partial charge in [-0.2, -0.15) is 5.10 Å². The standard InChI is InChI=1S/C21H17N5O2/c27-19(12-14-4-2-1-3-5-14)24-20-17-13-16(6-7-18(17)25-26-20)23-21(28)15-8-10-22-11-9-15/h1-11,13H,12H2,(H,23,28)(H2,24,25,26,27). The van der Waals surface area contributed by atoms with E-state index in [2.05, 4.69) is 25.8 Å². The predicted molar refractivity (Wildman–Crippen MR) is 107 cm³/mol. The predicted octanol–water partition coefficient (Wildman–Crippen LogP) is 3.39. The molecule has 138 valence electrons. The maximum atomic E-state index is 12.3. The molecule has 0 radical (unpaired) electrons. The van der Waals surface area contributed by atoms with Crippen LogP contribution in [0.3, 0.4) is 0 Å². The van der Waals surface area contributed by atoms with Gasteiger partial charge in [0.1, 0.15) is 0 Å². The van der Waals surface area contributed by atoms with Gasteiger partial charge in [-0.25, -0.2) is 0 Å². The van der Waals surface area contributed by atoms with Gasteiger partial charge in [0.15, 0.2) is 5.82 Å². The van der Waals surface area contributed by atoms with Gasteiger partial charge in [-0.3, -0.25) is 19.7 Å². The van der Waals surface area contributed by atoms with Gasteiger partial charge in [-0.05, 0) is 35.9 Å². The Morgan fingerprint density at radius 3 is 2.50 bits per heavy atom. The largest absolute Gasteiger partial charge is 0.322 e. The molecule has 0 spiro atoms. The lowest BCUT2D eigenvalue weighted by atomic mass is 10.1. The molecular formula is C21H17N5O2. The highest BCUT2D eigenvalue weighted by Crippen LogP contribution is 2.24. The first kappa shape index (κ1) is 17.4. The van der Waals surface area contributed by atoms with Crippen LogP contribution >= 0.6 is 0 Å². The molecule has 3 N–H and O–H groups in total. The Hall–Kier alpha value is -4.00. The molecular weight excluding hydrogens is 354 g/mol. The number of hydrogen-bond donors (Lipinski definition) is 3. The van der Waals surface area contributed by atoms with Gasteiger partial charge in [-0.1, -0.05) is 30.3 Å². The van der Waals surface area contributed by atoms with E-state index in [-0.39, 0.29) is 18.2 Å². The Balaban J connectivity index is 1.51. The van der Waals surface area contributed by atoms with E-state index in [4.69, 9.17) is 0 Å². The Morgan fingerprint density at radius 1 is 0.929 bits per heavy atom. The summed E-state index contributed by atoms with van der Waals surface area (Å²) in [5.41, 5.74) is 2.80. The highest BCUT2D eigenvalue weighted by Gasteiger charge is 2.12. The highest BCUT2D eigenvalue weighted by atomic mass is 16.2. The zero-order valence-corrected chi connectivity index (χ0v) is 14.8. The van der Waals surface area contributed by atoms with Gasteiger partial charge in [0, 0.05) is 29.0 Å². The number of amides is 2.